The summed E-state index contributed by atoms with van der Waals surface area (Å²) in [4.78, 5) is 27.1. The first-order valence-electron chi connectivity index (χ1n) is 14.3. The molecule has 210 valence electrons. The van der Waals surface area contributed by atoms with Crippen molar-refractivity contribution in [3.05, 3.63) is 110 Å². The number of nitrogens with zero attached hydrogens (tertiary/aromatic N) is 6. The van der Waals surface area contributed by atoms with Crippen LogP contribution in [0.15, 0.2) is 123 Å². The predicted molar refractivity (Wildman–Crippen MR) is 171 cm³/mol. The Morgan fingerprint density at radius 2 is 0.622 bits per heavy atom. The van der Waals surface area contributed by atoms with Gasteiger partial charge in [-0.25, -0.2) is 29.9 Å². The number of hydrogen-bond donors (Lipinski definition) is 0. The molecule has 0 N–H and O–H groups in total. The molecule has 0 unspecified atom stereocenters. The van der Waals surface area contributed by atoms with Crippen LogP contribution in [0.25, 0.3) is 100.0 Å². The van der Waals surface area contributed by atoms with Crippen molar-refractivity contribution < 1.29 is 13.3 Å². The third-order valence-corrected chi connectivity index (χ3v) is 8.25. The molecule has 0 fully saturated rings. The maximum Gasteiger partial charge on any atom is 0.229 e. The monoisotopic (exact) mass is 582 g/mol. The first kappa shape index (κ1) is 24.0. The molecule has 9 heterocycles. The van der Waals surface area contributed by atoms with E-state index in [1.807, 2.05) is 55.0 Å². The Balaban J connectivity index is 1.21. The Labute approximate surface area is 252 Å². The molecule has 1 aromatic carbocycles. The average Bonchev–Trinajstić information content (AvgIpc) is 3.78. The molecule has 10 aromatic rings. The van der Waals surface area contributed by atoms with Gasteiger partial charge in [0, 0.05) is 70.0 Å². The van der Waals surface area contributed by atoms with E-state index in [0.717, 1.165) is 65.7 Å². The van der Waals surface area contributed by atoms with Gasteiger partial charge in [0.15, 0.2) is 0 Å². The van der Waals surface area contributed by atoms with Gasteiger partial charge in [0.2, 0.25) is 34.3 Å². The van der Waals surface area contributed by atoms with Gasteiger partial charge < -0.3 is 13.3 Å². The second-order valence-corrected chi connectivity index (χ2v) is 10.9. The maximum absolute atomic E-state index is 5.90. The molecule has 0 atom stereocenters. The summed E-state index contributed by atoms with van der Waals surface area (Å²) in [6, 6.07) is 24.5. The summed E-state index contributed by atoms with van der Waals surface area (Å²) < 4.78 is 17.7. The van der Waals surface area contributed by atoms with Crippen molar-refractivity contribution in [2.24, 2.45) is 0 Å². The Bertz CT molecular complexity index is 2480. The Kier molecular flexibility index (Phi) is 4.81. The summed E-state index contributed by atoms with van der Waals surface area (Å²) in [5.41, 5.74) is 9.10. The highest BCUT2D eigenvalue weighted by molar-refractivity contribution is 6.06. The quantitative estimate of drug-likeness (QED) is 0.201. The van der Waals surface area contributed by atoms with Crippen LogP contribution in [-0.2, 0) is 0 Å². The lowest BCUT2D eigenvalue weighted by atomic mass is 9.94. The number of fused-ring (bicyclic) bond motifs is 9. The Morgan fingerprint density at radius 3 is 0.956 bits per heavy atom. The molecule has 0 aliphatic carbocycles. The lowest BCUT2D eigenvalue weighted by Gasteiger charge is -2.11. The fraction of sp³-hybridized carbons (Fsp3) is 0. The van der Waals surface area contributed by atoms with Crippen molar-refractivity contribution in [3.8, 4) is 33.4 Å². The summed E-state index contributed by atoms with van der Waals surface area (Å²) in [6.45, 7) is 0. The number of benzene rings is 1. The zero-order chi connectivity index (χ0) is 29.5. The first-order valence-corrected chi connectivity index (χ1v) is 14.3. The van der Waals surface area contributed by atoms with Crippen molar-refractivity contribution in [3.63, 3.8) is 0 Å². The van der Waals surface area contributed by atoms with Crippen LogP contribution in [-0.4, -0.2) is 29.9 Å². The largest absolute Gasteiger partial charge is 0.419 e. The molecule has 9 nitrogen and oxygen atoms in total. The molecule has 0 radical (unpaired) electrons. The minimum atomic E-state index is 0.550. The third kappa shape index (κ3) is 3.67. The van der Waals surface area contributed by atoms with Crippen molar-refractivity contribution in [1.82, 2.24) is 29.9 Å². The predicted octanol–water partition coefficient (Wildman–Crippen LogP) is 8.76. The molecule has 9 heteroatoms. The molecule has 0 amide bonds. The zero-order valence-corrected chi connectivity index (χ0v) is 23.3. The maximum atomic E-state index is 5.90. The van der Waals surface area contributed by atoms with Crippen LogP contribution in [0.2, 0.25) is 0 Å². The number of hydrogen-bond acceptors (Lipinski definition) is 9. The van der Waals surface area contributed by atoms with Gasteiger partial charge in [-0.3, -0.25) is 0 Å². The smallest absolute Gasteiger partial charge is 0.229 e. The van der Waals surface area contributed by atoms with Gasteiger partial charge in [0.05, 0.1) is 16.2 Å². The van der Waals surface area contributed by atoms with Gasteiger partial charge in [-0.05, 0) is 89.5 Å². The number of rotatable bonds is 3. The van der Waals surface area contributed by atoms with Crippen LogP contribution < -0.4 is 0 Å². The third-order valence-electron chi connectivity index (χ3n) is 8.25. The molecule has 9 aromatic heterocycles. The van der Waals surface area contributed by atoms with E-state index in [1.165, 1.54) is 0 Å². The lowest BCUT2D eigenvalue weighted by molar-refractivity contribution is 0.640. The van der Waals surface area contributed by atoms with Gasteiger partial charge in [-0.2, -0.15) is 0 Å². The van der Waals surface area contributed by atoms with Crippen molar-refractivity contribution in [2.45, 2.75) is 0 Å². The highest BCUT2D eigenvalue weighted by atomic mass is 16.4. The van der Waals surface area contributed by atoms with Crippen LogP contribution in [0.3, 0.4) is 0 Å². The van der Waals surface area contributed by atoms with Crippen molar-refractivity contribution in [1.29, 1.82) is 0 Å². The zero-order valence-electron chi connectivity index (χ0n) is 23.3. The standard InChI is InChI=1S/C36H18N6O3/c1-4-25-28-13-22(16-40-34(28)43-31(25)37-7-1)19-10-20(23-14-29-26-5-2-8-38-32(26)44-35(29)41-17-23)12-21(11-19)24-15-30-27-6-3-9-39-33(27)45-36(30)42-18-24/h1-18H. The van der Waals surface area contributed by atoms with Crippen LogP contribution in [0, 0.1) is 0 Å². The highest BCUT2D eigenvalue weighted by Gasteiger charge is 2.16. The number of furan rings is 3. The molecule has 0 aliphatic heterocycles. The molecule has 10 rings (SSSR count). The molecule has 0 spiro atoms. The topological polar surface area (TPSA) is 117 Å². The van der Waals surface area contributed by atoms with E-state index < -0.39 is 0 Å². The van der Waals surface area contributed by atoms with Gasteiger partial charge in [0.1, 0.15) is 0 Å². The van der Waals surface area contributed by atoms with Gasteiger partial charge in [0.25, 0.3) is 0 Å². The van der Waals surface area contributed by atoms with Crippen LogP contribution in [0.1, 0.15) is 0 Å². The molecular weight excluding hydrogens is 564 g/mol. The van der Waals surface area contributed by atoms with E-state index in [1.54, 1.807) is 18.6 Å². The average molecular weight is 583 g/mol. The summed E-state index contributed by atoms with van der Waals surface area (Å²) in [6.07, 6.45) is 10.7. The van der Waals surface area contributed by atoms with Crippen LogP contribution in [0.4, 0.5) is 0 Å². The Hall–Kier alpha value is -6.48. The second-order valence-electron chi connectivity index (χ2n) is 10.9. The fourth-order valence-corrected chi connectivity index (χ4v) is 6.09. The molecular formula is C36H18N6O3. The minimum Gasteiger partial charge on any atom is -0.419 e. The summed E-state index contributed by atoms with van der Waals surface area (Å²) in [7, 11) is 0. The van der Waals surface area contributed by atoms with E-state index in [9.17, 15) is 0 Å². The van der Waals surface area contributed by atoms with Gasteiger partial charge in [-0.1, -0.05) is 0 Å². The Morgan fingerprint density at radius 1 is 0.311 bits per heavy atom. The normalized spacial score (nSPS) is 12.0. The van der Waals surface area contributed by atoms with Crippen molar-refractivity contribution in [2.75, 3.05) is 0 Å². The van der Waals surface area contributed by atoms with E-state index in [-0.39, 0.29) is 0 Å². The summed E-state index contributed by atoms with van der Waals surface area (Å²) in [5.74, 6) is 0. The highest BCUT2D eigenvalue weighted by Crippen LogP contribution is 2.38. The van der Waals surface area contributed by atoms with Crippen molar-refractivity contribution >= 4 is 66.6 Å². The molecule has 0 saturated carbocycles. The SMILES string of the molecule is c1cnc2oc3ncc(-c4cc(-c5cnc6oc7ncccc7c6c5)cc(-c5cnc6oc7ncccc7c6c5)c4)cc3c2c1. The van der Waals surface area contributed by atoms with Gasteiger partial charge in [-0.15, -0.1) is 0 Å². The second kappa shape index (κ2) is 9.01. The first-order chi connectivity index (χ1) is 22.2. The van der Waals surface area contributed by atoms with E-state index in [0.29, 0.717) is 34.3 Å². The van der Waals surface area contributed by atoms with E-state index in [4.69, 9.17) is 13.3 Å². The van der Waals surface area contributed by atoms with E-state index in [2.05, 4.69) is 66.3 Å². The minimum absolute atomic E-state index is 0.550. The summed E-state index contributed by atoms with van der Waals surface area (Å²) in [5, 5.41) is 5.48. The van der Waals surface area contributed by atoms with Crippen LogP contribution >= 0.6 is 0 Å². The van der Waals surface area contributed by atoms with E-state index >= 15 is 0 Å². The molecule has 45 heavy (non-hydrogen) atoms. The lowest BCUT2D eigenvalue weighted by Crippen LogP contribution is -1.89. The number of aromatic nitrogens is 6. The molecule has 0 aliphatic rings. The molecule has 0 saturated heterocycles. The summed E-state index contributed by atoms with van der Waals surface area (Å²) >= 11 is 0. The molecule has 0 bridgehead atoms. The van der Waals surface area contributed by atoms with Crippen LogP contribution in [0.5, 0.6) is 0 Å². The van der Waals surface area contributed by atoms with Gasteiger partial charge >= 0.3 is 0 Å². The fourth-order valence-electron chi connectivity index (χ4n) is 6.09. The number of pyridine rings is 6.